The van der Waals surface area contributed by atoms with E-state index in [1.807, 2.05) is 50.8 Å². The Labute approximate surface area is 219 Å². The van der Waals surface area contributed by atoms with Crippen molar-refractivity contribution in [2.75, 3.05) is 18.0 Å². The van der Waals surface area contributed by atoms with Crippen molar-refractivity contribution in [1.29, 1.82) is 0 Å². The summed E-state index contributed by atoms with van der Waals surface area (Å²) < 4.78 is 6.33. The standard InChI is InChI=1S/C30H37N3O4/c1-18(2)23-12-11-19(3)25(15-23)37-16-24-22(6)31-27(26-20(4)9-7-10-21(26)5)32-28(24)33-14-8-13-30(36,17-33)29(34)35/h7,9-12,15,18,36H,8,13-14,16-17H2,1-6H3,(H,34,35). The lowest BCUT2D eigenvalue weighted by molar-refractivity contribution is -0.159. The third-order valence-corrected chi connectivity index (χ3v) is 7.32. The van der Waals surface area contributed by atoms with Crippen LogP contribution in [0, 0.1) is 27.7 Å². The first-order valence-corrected chi connectivity index (χ1v) is 12.9. The molecule has 0 amide bonds. The van der Waals surface area contributed by atoms with Crippen molar-refractivity contribution in [3.05, 3.63) is 69.9 Å². The number of piperidine rings is 1. The van der Waals surface area contributed by atoms with Gasteiger partial charge in [0.1, 0.15) is 18.2 Å². The summed E-state index contributed by atoms with van der Waals surface area (Å²) in [7, 11) is 0. The largest absolute Gasteiger partial charge is 0.488 e. The third kappa shape index (κ3) is 5.47. The van der Waals surface area contributed by atoms with Crippen LogP contribution in [0.25, 0.3) is 11.4 Å². The van der Waals surface area contributed by atoms with Gasteiger partial charge in [0.25, 0.3) is 0 Å². The number of hydrogen-bond acceptors (Lipinski definition) is 6. The molecule has 0 bridgehead atoms. The second kappa shape index (κ2) is 10.5. The van der Waals surface area contributed by atoms with Gasteiger partial charge in [0.15, 0.2) is 11.4 Å². The fraction of sp³-hybridized carbons (Fsp3) is 0.433. The summed E-state index contributed by atoms with van der Waals surface area (Å²) in [6.07, 6.45) is 0.750. The second-order valence-corrected chi connectivity index (χ2v) is 10.5. The highest BCUT2D eigenvalue weighted by Crippen LogP contribution is 2.34. The predicted molar refractivity (Wildman–Crippen MR) is 145 cm³/mol. The van der Waals surface area contributed by atoms with Crippen molar-refractivity contribution in [3.8, 4) is 17.1 Å². The average molecular weight is 504 g/mol. The molecule has 1 atom stereocenters. The highest BCUT2D eigenvalue weighted by Gasteiger charge is 2.41. The van der Waals surface area contributed by atoms with Crippen LogP contribution in [-0.4, -0.2) is 44.8 Å². The topological polar surface area (TPSA) is 95.8 Å². The molecule has 7 nitrogen and oxygen atoms in total. The van der Waals surface area contributed by atoms with Crippen molar-refractivity contribution in [2.24, 2.45) is 0 Å². The summed E-state index contributed by atoms with van der Waals surface area (Å²) in [6.45, 7) is 13.1. The van der Waals surface area contributed by atoms with Crippen LogP contribution >= 0.6 is 0 Å². The lowest BCUT2D eigenvalue weighted by Crippen LogP contribution is -2.53. The van der Waals surface area contributed by atoms with Crippen LogP contribution in [0.3, 0.4) is 0 Å². The van der Waals surface area contributed by atoms with Gasteiger partial charge in [0.2, 0.25) is 0 Å². The SMILES string of the molecule is Cc1ccc(C(C)C)cc1OCc1c(C)nc(-c2c(C)cccc2C)nc1N1CCCC(O)(C(=O)O)C1. The number of rotatable bonds is 7. The van der Waals surface area contributed by atoms with Crippen molar-refractivity contribution in [3.63, 3.8) is 0 Å². The fourth-order valence-electron chi connectivity index (χ4n) is 4.96. The van der Waals surface area contributed by atoms with Crippen molar-refractivity contribution in [1.82, 2.24) is 9.97 Å². The van der Waals surface area contributed by atoms with E-state index in [9.17, 15) is 15.0 Å². The summed E-state index contributed by atoms with van der Waals surface area (Å²) in [6, 6.07) is 12.3. The molecule has 2 N–H and O–H groups in total. The van der Waals surface area contributed by atoms with Crippen LogP contribution in [0.5, 0.6) is 5.75 Å². The van der Waals surface area contributed by atoms with Gasteiger partial charge in [-0.05, 0) is 74.8 Å². The molecule has 1 aromatic heterocycles. The number of ether oxygens (including phenoxy) is 1. The molecule has 37 heavy (non-hydrogen) atoms. The fourth-order valence-corrected chi connectivity index (χ4v) is 4.96. The van der Waals surface area contributed by atoms with Gasteiger partial charge in [-0.15, -0.1) is 0 Å². The molecular weight excluding hydrogens is 466 g/mol. The van der Waals surface area contributed by atoms with E-state index in [-0.39, 0.29) is 19.6 Å². The van der Waals surface area contributed by atoms with Crippen LogP contribution in [-0.2, 0) is 11.4 Å². The molecule has 1 unspecified atom stereocenters. The van der Waals surface area contributed by atoms with Crippen molar-refractivity contribution >= 4 is 11.8 Å². The molecule has 0 radical (unpaired) electrons. The average Bonchev–Trinajstić information content (AvgIpc) is 2.83. The molecule has 2 aromatic carbocycles. The molecule has 0 saturated carbocycles. The first-order valence-electron chi connectivity index (χ1n) is 12.9. The van der Waals surface area contributed by atoms with Gasteiger partial charge < -0.3 is 19.8 Å². The molecule has 0 aliphatic carbocycles. The lowest BCUT2D eigenvalue weighted by atomic mass is 9.92. The van der Waals surface area contributed by atoms with E-state index in [4.69, 9.17) is 14.7 Å². The number of aliphatic hydroxyl groups is 1. The van der Waals surface area contributed by atoms with Gasteiger partial charge in [0.05, 0.1) is 17.8 Å². The normalized spacial score (nSPS) is 17.8. The lowest BCUT2D eigenvalue weighted by Gasteiger charge is -2.38. The molecule has 4 rings (SSSR count). The van der Waals surface area contributed by atoms with Crippen LogP contribution < -0.4 is 9.64 Å². The Morgan fingerprint density at radius 2 is 1.78 bits per heavy atom. The van der Waals surface area contributed by atoms with E-state index in [0.717, 1.165) is 39.3 Å². The smallest absolute Gasteiger partial charge is 0.337 e. The highest BCUT2D eigenvalue weighted by atomic mass is 16.5. The summed E-state index contributed by atoms with van der Waals surface area (Å²) in [5.74, 6) is 1.17. The zero-order valence-corrected chi connectivity index (χ0v) is 22.6. The predicted octanol–water partition coefficient (Wildman–Crippen LogP) is 5.50. The number of nitrogens with zero attached hydrogens (tertiary/aromatic N) is 3. The Bertz CT molecular complexity index is 1300. The molecule has 1 aliphatic rings. The van der Waals surface area contributed by atoms with Crippen LogP contribution in [0.4, 0.5) is 5.82 Å². The number of hydrogen-bond donors (Lipinski definition) is 2. The molecule has 1 saturated heterocycles. The number of benzene rings is 2. The van der Waals surface area contributed by atoms with E-state index < -0.39 is 11.6 Å². The summed E-state index contributed by atoms with van der Waals surface area (Å²) in [5.41, 5.74) is 5.06. The van der Waals surface area contributed by atoms with E-state index >= 15 is 0 Å². The van der Waals surface area contributed by atoms with Gasteiger partial charge in [-0.25, -0.2) is 14.8 Å². The molecular formula is C30H37N3O4. The molecule has 1 aliphatic heterocycles. The maximum absolute atomic E-state index is 11.9. The maximum atomic E-state index is 11.9. The molecule has 2 heterocycles. The number of aromatic nitrogens is 2. The van der Waals surface area contributed by atoms with E-state index in [2.05, 4.69) is 32.0 Å². The van der Waals surface area contributed by atoms with Gasteiger partial charge in [-0.2, -0.15) is 0 Å². The Balaban J connectivity index is 1.79. The van der Waals surface area contributed by atoms with Crippen molar-refractivity contribution in [2.45, 2.75) is 72.5 Å². The first kappa shape index (κ1) is 26.6. The number of carbonyl (C=O) groups is 1. The van der Waals surface area contributed by atoms with Gasteiger partial charge in [-0.1, -0.05) is 44.2 Å². The van der Waals surface area contributed by atoms with Crippen LogP contribution in [0.2, 0.25) is 0 Å². The Kier molecular flexibility index (Phi) is 7.55. The Morgan fingerprint density at radius 3 is 2.43 bits per heavy atom. The quantitative estimate of drug-likeness (QED) is 0.440. The number of β-amino-alcohol motifs (C(OH)–C–C–N with tert-alkyl or cyclic N) is 1. The number of anilines is 1. The minimum absolute atomic E-state index is 0.0418. The zero-order chi connectivity index (χ0) is 26.9. The molecule has 7 heteroatoms. The third-order valence-electron chi connectivity index (χ3n) is 7.32. The Hall–Kier alpha value is -3.45. The molecule has 0 spiro atoms. The minimum atomic E-state index is -1.82. The second-order valence-electron chi connectivity index (χ2n) is 10.5. The molecule has 196 valence electrons. The number of aryl methyl sites for hydroxylation is 4. The zero-order valence-electron chi connectivity index (χ0n) is 22.6. The van der Waals surface area contributed by atoms with Crippen LogP contribution in [0.1, 0.15) is 66.1 Å². The number of carboxylic acids is 1. The van der Waals surface area contributed by atoms with E-state index in [0.29, 0.717) is 30.5 Å². The minimum Gasteiger partial charge on any atom is -0.488 e. The van der Waals surface area contributed by atoms with Gasteiger partial charge >= 0.3 is 5.97 Å². The highest BCUT2D eigenvalue weighted by molar-refractivity contribution is 5.78. The summed E-state index contributed by atoms with van der Waals surface area (Å²) in [4.78, 5) is 23.6. The molecule has 3 aromatic rings. The first-order chi connectivity index (χ1) is 17.5. The maximum Gasteiger partial charge on any atom is 0.337 e. The Morgan fingerprint density at radius 1 is 1.08 bits per heavy atom. The number of carboxylic acid groups (broad SMARTS) is 1. The van der Waals surface area contributed by atoms with Crippen LogP contribution in [0.15, 0.2) is 36.4 Å². The summed E-state index contributed by atoms with van der Waals surface area (Å²) >= 11 is 0. The van der Waals surface area contributed by atoms with E-state index in [1.54, 1.807) is 0 Å². The molecule has 1 fully saturated rings. The van der Waals surface area contributed by atoms with E-state index in [1.165, 1.54) is 5.56 Å². The summed E-state index contributed by atoms with van der Waals surface area (Å²) in [5, 5.41) is 20.5. The number of aliphatic carboxylic acids is 1. The van der Waals surface area contributed by atoms with Gasteiger partial charge in [0, 0.05) is 12.1 Å². The monoisotopic (exact) mass is 503 g/mol. The van der Waals surface area contributed by atoms with Gasteiger partial charge in [-0.3, -0.25) is 0 Å². The van der Waals surface area contributed by atoms with Crippen molar-refractivity contribution < 1.29 is 19.7 Å².